The zero-order valence-corrected chi connectivity index (χ0v) is 18.8. The highest BCUT2D eigenvalue weighted by Gasteiger charge is 2.13. The first-order chi connectivity index (χ1) is 16.4. The van der Waals surface area contributed by atoms with E-state index in [0.29, 0.717) is 33.5 Å². The molecule has 3 rings (SSSR count). The third kappa shape index (κ3) is 7.64. The first-order valence-corrected chi connectivity index (χ1v) is 10.4. The van der Waals surface area contributed by atoms with Gasteiger partial charge in [-0.2, -0.15) is 5.10 Å². The van der Waals surface area contributed by atoms with Gasteiger partial charge in [-0.15, -0.1) is 0 Å². The van der Waals surface area contributed by atoms with Crippen molar-refractivity contribution in [2.75, 3.05) is 24.4 Å². The molecule has 0 saturated carbocycles. The summed E-state index contributed by atoms with van der Waals surface area (Å²) in [5, 5.41) is 9.42. The third-order valence-electron chi connectivity index (χ3n) is 4.25. The number of halogens is 1. The number of anilines is 2. The Labute approximate surface area is 200 Å². The van der Waals surface area contributed by atoms with Crippen LogP contribution >= 0.6 is 11.6 Å². The molecule has 9 nitrogen and oxygen atoms in total. The summed E-state index contributed by atoms with van der Waals surface area (Å²) in [6, 6.07) is 20.1. The number of rotatable bonds is 8. The van der Waals surface area contributed by atoms with E-state index >= 15 is 0 Å². The number of ether oxygens (including phenoxy) is 2. The van der Waals surface area contributed by atoms with Crippen molar-refractivity contribution in [2.24, 2.45) is 5.10 Å². The van der Waals surface area contributed by atoms with Crippen molar-refractivity contribution in [3.8, 4) is 11.5 Å². The minimum Gasteiger partial charge on any atom is -0.497 e. The second kappa shape index (κ2) is 12.0. The van der Waals surface area contributed by atoms with E-state index in [1.54, 1.807) is 72.8 Å². The van der Waals surface area contributed by atoms with Gasteiger partial charge in [0.15, 0.2) is 6.61 Å². The Hall–Kier alpha value is -4.37. The SMILES string of the molecule is COc1cccc(NC(=O)C(=O)N/N=C\c2cccc(OCC(=O)Nc3cccc(Cl)c3)c2)c1. The molecule has 0 spiro atoms. The van der Waals surface area contributed by atoms with E-state index in [1.807, 2.05) is 0 Å². The van der Waals surface area contributed by atoms with Crippen LogP contribution in [-0.2, 0) is 14.4 Å². The van der Waals surface area contributed by atoms with Gasteiger partial charge in [0.1, 0.15) is 11.5 Å². The molecule has 174 valence electrons. The quantitative estimate of drug-likeness (QED) is 0.259. The number of hydrogen-bond acceptors (Lipinski definition) is 6. The smallest absolute Gasteiger partial charge is 0.329 e. The molecule has 0 fully saturated rings. The first-order valence-electron chi connectivity index (χ1n) is 9.99. The number of amides is 3. The van der Waals surface area contributed by atoms with E-state index in [0.717, 1.165) is 0 Å². The Morgan fingerprint density at radius 2 is 1.59 bits per heavy atom. The van der Waals surface area contributed by atoms with Gasteiger partial charge in [-0.3, -0.25) is 14.4 Å². The lowest BCUT2D eigenvalue weighted by molar-refractivity contribution is -0.136. The molecule has 0 bridgehead atoms. The summed E-state index contributed by atoms with van der Waals surface area (Å²) >= 11 is 5.90. The summed E-state index contributed by atoms with van der Waals surface area (Å²) in [5.41, 5.74) is 3.71. The number of carbonyl (C=O) groups is 3. The first kappa shape index (κ1) is 24.3. The highest BCUT2D eigenvalue weighted by atomic mass is 35.5. The van der Waals surface area contributed by atoms with Crippen molar-refractivity contribution >= 4 is 46.9 Å². The molecule has 3 amide bonds. The lowest BCUT2D eigenvalue weighted by Gasteiger charge is -2.08. The van der Waals surface area contributed by atoms with E-state index < -0.39 is 11.8 Å². The summed E-state index contributed by atoms with van der Waals surface area (Å²) in [6.45, 7) is -0.214. The third-order valence-corrected chi connectivity index (χ3v) is 4.49. The Kier molecular flexibility index (Phi) is 8.59. The van der Waals surface area contributed by atoms with Gasteiger partial charge in [-0.25, -0.2) is 5.43 Å². The number of methoxy groups -OCH3 is 1. The fourth-order valence-corrected chi connectivity index (χ4v) is 2.89. The number of carbonyl (C=O) groups excluding carboxylic acids is 3. The number of hydrazone groups is 1. The molecule has 34 heavy (non-hydrogen) atoms. The molecule has 0 atom stereocenters. The lowest BCUT2D eigenvalue weighted by Crippen LogP contribution is -2.32. The molecule has 3 aromatic rings. The maximum atomic E-state index is 12.1. The van der Waals surface area contributed by atoms with E-state index in [9.17, 15) is 14.4 Å². The summed E-state index contributed by atoms with van der Waals surface area (Å²) in [4.78, 5) is 36.0. The van der Waals surface area contributed by atoms with Gasteiger partial charge in [-0.05, 0) is 48.0 Å². The van der Waals surface area contributed by atoms with Crippen molar-refractivity contribution in [3.63, 3.8) is 0 Å². The topological polar surface area (TPSA) is 118 Å². The predicted molar refractivity (Wildman–Crippen MR) is 129 cm³/mol. The summed E-state index contributed by atoms with van der Waals surface area (Å²) < 4.78 is 10.6. The van der Waals surface area contributed by atoms with Gasteiger partial charge in [0.25, 0.3) is 5.91 Å². The van der Waals surface area contributed by atoms with Crippen molar-refractivity contribution in [1.82, 2.24) is 5.43 Å². The van der Waals surface area contributed by atoms with Gasteiger partial charge in [0.2, 0.25) is 0 Å². The molecule has 3 N–H and O–H groups in total. The summed E-state index contributed by atoms with van der Waals surface area (Å²) in [7, 11) is 1.50. The van der Waals surface area contributed by atoms with Crippen molar-refractivity contribution < 1.29 is 23.9 Å². The van der Waals surface area contributed by atoms with Crippen molar-refractivity contribution in [2.45, 2.75) is 0 Å². The second-order valence-electron chi connectivity index (χ2n) is 6.80. The molecular weight excluding hydrogens is 460 g/mol. The number of benzene rings is 3. The standard InChI is InChI=1S/C24H21ClN4O5/c1-33-20-9-4-8-19(13-20)28-23(31)24(32)29-26-14-16-5-2-10-21(11-16)34-15-22(30)27-18-7-3-6-17(25)12-18/h2-14H,15H2,1H3,(H,27,30)(H,28,31)(H,29,32)/b26-14-. The minimum absolute atomic E-state index is 0.214. The van der Waals surface area contributed by atoms with E-state index in [2.05, 4.69) is 21.2 Å². The Morgan fingerprint density at radius 3 is 2.35 bits per heavy atom. The van der Waals surface area contributed by atoms with Gasteiger partial charge < -0.3 is 20.1 Å². The Bertz CT molecular complexity index is 1220. The average Bonchev–Trinajstić information content (AvgIpc) is 2.83. The van der Waals surface area contributed by atoms with Gasteiger partial charge in [0, 0.05) is 22.5 Å². The van der Waals surface area contributed by atoms with Crippen LogP contribution in [-0.4, -0.2) is 37.7 Å². The monoisotopic (exact) mass is 480 g/mol. The molecule has 10 heteroatoms. The number of hydrogen-bond donors (Lipinski definition) is 3. The molecule has 0 heterocycles. The highest BCUT2D eigenvalue weighted by Crippen LogP contribution is 2.17. The van der Waals surface area contributed by atoms with Crippen LogP contribution in [0.3, 0.4) is 0 Å². The van der Waals surface area contributed by atoms with Crippen LogP contribution < -0.4 is 25.5 Å². The van der Waals surface area contributed by atoms with E-state index in [-0.39, 0.29) is 12.5 Å². The van der Waals surface area contributed by atoms with Gasteiger partial charge in [-0.1, -0.05) is 35.9 Å². The van der Waals surface area contributed by atoms with E-state index in [4.69, 9.17) is 21.1 Å². The van der Waals surface area contributed by atoms with Gasteiger partial charge in [0.05, 0.1) is 13.3 Å². The average molecular weight is 481 g/mol. The minimum atomic E-state index is -0.941. The fourth-order valence-electron chi connectivity index (χ4n) is 2.70. The Morgan fingerprint density at radius 1 is 0.882 bits per heavy atom. The van der Waals surface area contributed by atoms with Crippen LogP contribution in [0.5, 0.6) is 11.5 Å². The van der Waals surface area contributed by atoms with Crippen LogP contribution in [0.2, 0.25) is 5.02 Å². The molecule has 0 radical (unpaired) electrons. The van der Waals surface area contributed by atoms with Crippen LogP contribution in [0.4, 0.5) is 11.4 Å². The summed E-state index contributed by atoms with van der Waals surface area (Å²) in [6.07, 6.45) is 1.34. The number of nitrogens with zero attached hydrogens (tertiary/aromatic N) is 1. The predicted octanol–water partition coefficient (Wildman–Crippen LogP) is 3.45. The Balaban J connectivity index is 1.48. The maximum Gasteiger partial charge on any atom is 0.329 e. The highest BCUT2D eigenvalue weighted by molar-refractivity contribution is 6.39. The van der Waals surface area contributed by atoms with Crippen molar-refractivity contribution in [3.05, 3.63) is 83.4 Å². The van der Waals surface area contributed by atoms with Crippen molar-refractivity contribution in [1.29, 1.82) is 0 Å². The molecule has 0 unspecified atom stereocenters. The van der Waals surface area contributed by atoms with Crippen LogP contribution in [0, 0.1) is 0 Å². The normalized spacial score (nSPS) is 10.4. The molecule has 0 saturated heterocycles. The van der Waals surface area contributed by atoms with E-state index in [1.165, 1.54) is 13.3 Å². The fraction of sp³-hybridized carbons (Fsp3) is 0.0833. The zero-order chi connectivity index (χ0) is 24.3. The number of nitrogens with one attached hydrogen (secondary N) is 3. The lowest BCUT2D eigenvalue weighted by atomic mass is 10.2. The van der Waals surface area contributed by atoms with Crippen LogP contribution in [0.15, 0.2) is 77.9 Å². The van der Waals surface area contributed by atoms with Gasteiger partial charge >= 0.3 is 11.8 Å². The zero-order valence-electron chi connectivity index (χ0n) is 18.1. The molecule has 0 aromatic heterocycles. The van der Waals surface area contributed by atoms with Crippen LogP contribution in [0.1, 0.15) is 5.56 Å². The summed E-state index contributed by atoms with van der Waals surface area (Å²) in [5.74, 6) is -1.21. The maximum absolute atomic E-state index is 12.1. The molecular formula is C24H21ClN4O5. The molecule has 0 aliphatic rings. The van der Waals surface area contributed by atoms with Crippen LogP contribution in [0.25, 0.3) is 0 Å². The molecule has 3 aromatic carbocycles. The molecule has 0 aliphatic heterocycles. The second-order valence-corrected chi connectivity index (χ2v) is 7.24. The molecule has 0 aliphatic carbocycles. The largest absolute Gasteiger partial charge is 0.497 e.